The van der Waals surface area contributed by atoms with Gasteiger partial charge in [-0.3, -0.25) is 9.59 Å². The molecule has 4 N–H and O–H groups in total. The van der Waals surface area contributed by atoms with Gasteiger partial charge in [-0.25, -0.2) is 4.98 Å². The topological polar surface area (TPSA) is 105 Å². The van der Waals surface area contributed by atoms with Crippen LogP contribution in [0.5, 0.6) is 0 Å². The normalized spacial score (nSPS) is 11.1. The van der Waals surface area contributed by atoms with Crippen molar-refractivity contribution in [3.05, 3.63) is 22.7 Å². The van der Waals surface area contributed by atoms with Gasteiger partial charge < -0.3 is 16.2 Å². The number of nitrogen functional groups attached to an aromatic ring is 1. The molecular formula is C16H21N3O3S. The summed E-state index contributed by atoms with van der Waals surface area (Å²) >= 11 is 1.27. The van der Waals surface area contributed by atoms with E-state index < -0.39 is 5.97 Å². The Bertz CT molecular complexity index is 725. The zero-order valence-electron chi connectivity index (χ0n) is 13.3. The number of fused-ring (bicyclic) bond motifs is 1. The molecule has 2 aromatic heterocycles. The molecule has 0 spiro atoms. The molecule has 0 aliphatic carbocycles. The average molecular weight is 335 g/mol. The molecule has 23 heavy (non-hydrogen) atoms. The number of amides is 1. The summed E-state index contributed by atoms with van der Waals surface area (Å²) in [7, 11) is 0. The number of carboxylic acid groups (broad SMARTS) is 1. The van der Waals surface area contributed by atoms with E-state index in [1.165, 1.54) is 11.3 Å². The zero-order chi connectivity index (χ0) is 17.0. The van der Waals surface area contributed by atoms with E-state index >= 15 is 0 Å². The molecule has 6 nitrogen and oxygen atoms in total. The lowest BCUT2D eigenvalue weighted by molar-refractivity contribution is -0.137. The molecule has 0 saturated heterocycles. The van der Waals surface area contributed by atoms with Crippen LogP contribution < -0.4 is 11.1 Å². The number of rotatable bonds is 7. The third-order valence-electron chi connectivity index (χ3n) is 3.33. The summed E-state index contributed by atoms with van der Waals surface area (Å²) in [5.41, 5.74) is 7.48. The van der Waals surface area contributed by atoms with Gasteiger partial charge in [0, 0.05) is 24.0 Å². The second-order valence-corrected chi connectivity index (χ2v) is 6.85. The Morgan fingerprint density at radius 3 is 2.78 bits per heavy atom. The number of nitrogens with one attached hydrogen (secondary N) is 1. The SMILES string of the molecule is CC(C)Cc1ccc2c(N)c(C(=O)NCCCC(=O)O)sc2n1. The molecule has 0 unspecified atom stereocenters. The molecule has 124 valence electrons. The molecule has 0 saturated carbocycles. The Balaban J connectivity index is 2.12. The van der Waals surface area contributed by atoms with Crippen molar-refractivity contribution in [2.75, 3.05) is 12.3 Å². The molecule has 1 amide bonds. The number of hydrogen-bond acceptors (Lipinski definition) is 5. The molecule has 0 aliphatic rings. The summed E-state index contributed by atoms with van der Waals surface area (Å²) in [5.74, 6) is -0.641. The van der Waals surface area contributed by atoms with E-state index in [9.17, 15) is 9.59 Å². The summed E-state index contributed by atoms with van der Waals surface area (Å²) in [6.45, 7) is 4.57. The maximum Gasteiger partial charge on any atom is 0.303 e. The molecule has 0 radical (unpaired) electrons. The van der Waals surface area contributed by atoms with E-state index in [1.54, 1.807) is 0 Å². The van der Waals surface area contributed by atoms with Crippen LogP contribution in [0.25, 0.3) is 10.2 Å². The van der Waals surface area contributed by atoms with Gasteiger partial charge in [0.25, 0.3) is 5.91 Å². The van der Waals surface area contributed by atoms with Crippen molar-refractivity contribution in [2.24, 2.45) is 5.92 Å². The third-order valence-corrected chi connectivity index (χ3v) is 4.44. The highest BCUT2D eigenvalue weighted by molar-refractivity contribution is 7.21. The first kappa shape index (κ1) is 17.2. The van der Waals surface area contributed by atoms with Crippen molar-refractivity contribution in [1.29, 1.82) is 0 Å². The first-order valence-electron chi connectivity index (χ1n) is 7.56. The van der Waals surface area contributed by atoms with Crippen LogP contribution in [0.1, 0.15) is 42.1 Å². The number of thiophene rings is 1. The summed E-state index contributed by atoms with van der Waals surface area (Å²) in [6, 6.07) is 3.85. The molecule has 0 aliphatic heterocycles. The van der Waals surface area contributed by atoms with E-state index in [-0.39, 0.29) is 12.3 Å². The van der Waals surface area contributed by atoms with Gasteiger partial charge in [0.2, 0.25) is 0 Å². The van der Waals surface area contributed by atoms with Crippen LogP contribution in [-0.4, -0.2) is 28.5 Å². The Morgan fingerprint density at radius 1 is 1.39 bits per heavy atom. The van der Waals surface area contributed by atoms with Crippen molar-refractivity contribution < 1.29 is 14.7 Å². The second kappa shape index (κ2) is 7.41. The lowest BCUT2D eigenvalue weighted by atomic mass is 10.1. The summed E-state index contributed by atoms with van der Waals surface area (Å²) in [4.78, 5) is 28.4. The fourth-order valence-electron chi connectivity index (χ4n) is 2.26. The maximum atomic E-state index is 12.2. The highest BCUT2D eigenvalue weighted by Crippen LogP contribution is 2.32. The highest BCUT2D eigenvalue weighted by Gasteiger charge is 2.17. The van der Waals surface area contributed by atoms with Gasteiger partial charge in [0.15, 0.2) is 0 Å². The van der Waals surface area contributed by atoms with Crippen molar-refractivity contribution in [2.45, 2.75) is 33.1 Å². The van der Waals surface area contributed by atoms with E-state index in [1.807, 2.05) is 12.1 Å². The monoisotopic (exact) mass is 335 g/mol. The van der Waals surface area contributed by atoms with Gasteiger partial charge in [-0.2, -0.15) is 0 Å². The van der Waals surface area contributed by atoms with Gasteiger partial charge in [-0.1, -0.05) is 13.8 Å². The lowest BCUT2D eigenvalue weighted by Crippen LogP contribution is -2.24. The van der Waals surface area contributed by atoms with Crippen LogP contribution in [0.2, 0.25) is 0 Å². The van der Waals surface area contributed by atoms with E-state index in [0.717, 1.165) is 22.3 Å². The number of carboxylic acids is 1. The number of pyridine rings is 1. The first-order valence-corrected chi connectivity index (χ1v) is 8.38. The molecule has 2 aromatic rings. The number of nitrogens with two attached hydrogens (primary N) is 1. The minimum atomic E-state index is -0.873. The second-order valence-electron chi connectivity index (χ2n) is 5.85. The fourth-order valence-corrected chi connectivity index (χ4v) is 3.29. The highest BCUT2D eigenvalue weighted by atomic mass is 32.1. The Hall–Kier alpha value is -2.15. The van der Waals surface area contributed by atoms with Crippen LogP contribution in [-0.2, 0) is 11.2 Å². The summed E-state index contributed by atoms with van der Waals surface area (Å²) < 4.78 is 0. The Kier molecular flexibility index (Phi) is 5.54. The largest absolute Gasteiger partial charge is 0.481 e. The number of carbonyl (C=O) groups excluding carboxylic acids is 1. The van der Waals surface area contributed by atoms with Gasteiger partial charge in [-0.05, 0) is 30.9 Å². The molecule has 2 heterocycles. The van der Waals surface area contributed by atoms with Gasteiger partial charge in [0.1, 0.15) is 9.71 Å². The standard InChI is InChI=1S/C16H21N3O3S/c1-9(2)8-10-5-6-11-13(17)14(23-16(11)19-10)15(22)18-7-3-4-12(20)21/h5-6,9H,3-4,7-8,17H2,1-2H3,(H,18,22)(H,20,21). The Labute approximate surface area is 138 Å². The molecule has 0 aromatic carbocycles. The fraction of sp³-hybridized carbons (Fsp3) is 0.438. The molecule has 7 heteroatoms. The number of anilines is 1. The predicted octanol–water partition coefficient (Wildman–Crippen LogP) is 2.67. The lowest BCUT2D eigenvalue weighted by Gasteiger charge is -2.03. The zero-order valence-corrected chi connectivity index (χ0v) is 14.1. The number of nitrogens with zero attached hydrogens (tertiary/aromatic N) is 1. The number of hydrogen-bond donors (Lipinski definition) is 3. The van der Waals surface area contributed by atoms with Crippen LogP contribution in [0, 0.1) is 5.92 Å². The maximum absolute atomic E-state index is 12.2. The molecule has 0 fully saturated rings. The van der Waals surface area contributed by atoms with E-state index in [2.05, 4.69) is 24.1 Å². The van der Waals surface area contributed by atoms with Crippen molar-refractivity contribution in [3.63, 3.8) is 0 Å². The smallest absolute Gasteiger partial charge is 0.303 e. The molecule has 0 atom stereocenters. The number of aliphatic carboxylic acids is 1. The van der Waals surface area contributed by atoms with E-state index in [0.29, 0.717) is 29.4 Å². The Morgan fingerprint density at radius 2 is 2.13 bits per heavy atom. The molecule has 0 bridgehead atoms. The number of aromatic nitrogens is 1. The first-order chi connectivity index (χ1) is 10.9. The van der Waals surface area contributed by atoms with Crippen molar-refractivity contribution >= 4 is 39.1 Å². The summed E-state index contributed by atoms with van der Waals surface area (Å²) in [6.07, 6.45) is 1.30. The molecule has 2 rings (SSSR count). The van der Waals surface area contributed by atoms with Crippen LogP contribution in [0.15, 0.2) is 12.1 Å². The van der Waals surface area contributed by atoms with Crippen molar-refractivity contribution in [1.82, 2.24) is 10.3 Å². The van der Waals surface area contributed by atoms with Gasteiger partial charge >= 0.3 is 5.97 Å². The minimum absolute atomic E-state index is 0.0301. The van der Waals surface area contributed by atoms with E-state index in [4.69, 9.17) is 10.8 Å². The summed E-state index contributed by atoms with van der Waals surface area (Å²) in [5, 5.41) is 12.1. The number of carbonyl (C=O) groups is 2. The molecular weight excluding hydrogens is 314 g/mol. The quantitative estimate of drug-likeness (QED) is 0.675. The average Bonchev–Trinajstić information content (AvgIpc) is 2.79. The van der Waals surface area contributed by atoms with Gasteiger partial charge in [0.05, 0.1) is 5.69 Å². The third kappa shape index (κ3) is 4.41. The van der Waals surface area contributed by atoms with Crippen LogP contribution >= 0.6 is 11.3 Å². The van der Waals surface area contributed by atoms with Crippen LogP contribution in [0.4, 0.5) is 5.69 Å². The van der Waals surface area contributed by atoms with Gasteiger partial charge in [-0.15, -0.1) is 11.3 Å². The predicted molar refractivity (Wildman–Crippen MR) is 91.8 cm³/mol. The van der Waals surface area contributed by atoms with Crippen molar-refractivity contribution in [3.8, 4) is 0 Å². The minimum Gasteiger partial charge on any atom is -0.481 e. The van der Waals surface area contributed by atoms with Crippen LogP contribution in [0.3, 0.4) is 0 Å².